The average Bonchev–Trinajstić information content (AvgIpc) is 2.81. The fourth-order valence-electron chi connectivity index (χ4n) is 3.07. The lowest BCUT2D eigenvalue weighted by atomic mass is 10.1. The molecule has 0 aliphatic heterocycles. The molecule has 1 unspecified atom stereocenters. The van der Waals surface area contributed by atoms with Crippen molar-refractivity contribution < 1.29 is 33.3 Å². The van der Waals surface area contributed by atoms with Gasteiger partial charge in [0.1, 0.15) is 0 Å². The van der Waals surface area contributed by atoms with Gasteiger partial charge in [-0.3, -0.25) is 4.79 Å². The fourth-order valence-corrected chi connectivity index (χ4v) is 3.07. The maximum absolute atomic E-state index is 12.7. The lowest BCUT2D eigenvalue weighted by molar-refractivity contribution is -0.129. The largest absolute Gasteiger partial charge is 0.493 e. The highest BCUT2D eigenvalue weighted by molar-refractivity contribution is 5.93. The van der Waals surface area contributed by atoms with Gasteiger partial charge in [-0.1, -0.05) is 12.1 Å². The van der Waals surface area contributed by atoms with E-state index in [1.165, 1.54) is 34.3 Å². The number of hydrogen-bond acceptors (Lipinski definition) is 7. The first-order valence-electron chi connectivity index (χ1n) is 9.93. The smallest absolute Gasteiger partial charge is 0.339 e. The van der Waals surface area contributed by atoms with E-state index in [9.17, 15) is 9.59 Å². The summed E-state index contributed by atoms with van der Waals surface area (Å²) in [6, 6.07) is 8.48. The molecular weight excluding hydrogens is 414 g/mol. The Kier molecular flexibility index (Phi) is 8.95. The Morgan fingerprint density at radius 1 is 0.969 bits per heavy atom. The third-order valence-electron chi connectivity index (χ3n) is 4.72. The number of rotatable bonds is 11. The Balaban J connectivity index is 2.06. The quantitative estimate of drug-likeness (QED) is 0.421. The van der Waals surface area contributed by atoms with Crippen LogP contribution < -0.4 is 24.3 Å². The zero-order chi connectivity index (χ0) is 23.7. The third kappa shape index (κ3) is 5.94. The first-order chi connectivity index (χ1) is 15.4. The molecule has 1 N–H and O–H groups in total. The van der Waals surface area contributed by atoms with Crippen LogP contribution in [0.1, 0.15) is 28.4 Å². The molecular formula is C24H29NO7. The van der Waals surface area contributed by atoms with Crippen LogP contribution in [0.15, 0.2) is 43.0 Å². The van der Waals surface area contributed by atoms with Crippen molar-refractivity contribution in [1.82, 2.24) is 5.32 Å². The number of nitrogens with one attached hydrogen (secondary N) is 1. The number of esters is 1. The molecule has 8 nitrogen and oxygen atoms in total. The van der Waals surface area contributed by atoms with E-state index >= 15 is 0 Å². The monoisotopic (exact) mass is 443 g/mol. The van der Waals surface area contributed by atoms with Gasteiger partial charge in [-0.05, 0) is 43.2 Å². The minimum absolute atomic E-state index is 0.237. The number of methoxy groups -OCH3 is 4. The van der Waals surface area contributed by atoms with Crippen molar-refractivity contribution in [3.63, 3.8) is 0 Å². The molecule has 0 saturated carbocycles. The molecule has 1 amide bonds. The van der Waals surface area contributed by atoms with Gasteiger partial charge in [0.15, 0.2) is 29.1 Å². The lowest BCUT2D eigenvalue weighted by Crippen LogP contribution is -2.35. The molecule has 2 aromatic rings. The average molecular weight is 443 g/mol. The van der Waals surface area contributed by atoms with E-state index in [1.807, 2.05) is 6.07 Å². The summed E-state index contributed by atoms with van der Waals surface area (Å²) in [7, 11) is 6.09. The maximum Gasteiger partial charge on any atom is 0.339 e. The number of hydrogen-bond donors (Lipinski definition) is 1. The predicted octanol–water partition coefficient (Wildman–Crippen LogP) is 3.31. The lowest BCUT2D eigenvalue weighted by Gasteiger charge is -2.16. The van der Waals surface area contributed by atoms with Crippen molar-refractivity contribution in [3.05, 3.63) is 59.7 Å². The Morgan fingerprint density at radius 2 is 1.66 bits per heavy atom. The molecule has 8 heteroatoms. The predicted molar refractivity (Wildman–Crippen MR) is 120 cm³/mol. The maximum atomic E-state index is 12.7. The Labute approximate surface area is 188 Å². The second-order valence-electron chi connectivity index (χ2n) is 6.82. The molecule has 2 rings (SSSR count). The molecule has 0 bridgehead atoms. The molecule has 0 spiro atoms. The first kappa shape index (κ1) is 24.6. The minimum atomic E-state index is -1.00. The minimum Gasteiger partial charge on any atom is -0.493 e. The van der Waals surface area contributed by atoms with Crippen molar-refractivity contribution in [1.29, 1.82) is 0 Å². The standard InChI is InChI=1S/C24H29NO7/c1-7-8-17-12-18(13-21(30-5)22(17)31-6)24(27)32-15(2)23(26)25-14-16-9-10-19(28-3)20(11-16)29-4/h7,9-13,15H,1,8,14H2,2-6H3,(H,25,26). The molecule has 0 radical (unpaired) electrons. The van der Waals surface area contributed by atoms with Gasteiger partial charge in [-0.25, -0.2) is 4.79 Å². The molecule has 0 saturated heterocycles. The summed E-state index contributed by atoms with van der Waals surface area (Å²) >= 11 is 0. The number of amides is 1. The van der Waals surface area contributed by atoms with Gasteiger partial charge < -0.3 is 29.0 Å². The van der Waals surface area contributed by atoms with E-state index in [4.69, 9.17) is 23.7 Å². The summed E-state index contributed by atoms with van der Waals surface area (Å²) in [5.74, 6) is 0.983. The van der Waals surface area contributed by atoms with Gasteiger partial charge in [0.2, 0.25) is 0 Å². The van der Waals surface area contributed by atoms with Gasteiger partial charge in [-0.15, -0.1) is 6.58 Å². The number of ether oxygens (including phenoxy) is 5. The van der Waals surface area contributed by atoms with E-state index in [1.54, 1.807) is 31.4 Å². The third-order valence-corrected chi connectivity index (χ3v) is 4.72. The van der Waals surface area contributed by atoms with Gasteiger partial charge in [0.05, 0.1) is 34.0 Å². The zero-order valence-electron chi connectivity index (χ0n) is 19.0. The van der Waals surface area contributed by atoms with Gasteiger partial charge in [-0.2, -0.15) is 0 Å². The Morgan fingerprint density at radius 3 is 2.25 bits per heavy atom. The first-order valence-corrected chi connectivity index (χ1v) is 9.93. The van der Waals surface area contributed by atoms with Crippen molar-refractivity contribution in [2.24, 2.45) is 0 Å². The Hall–Kier alpha value is -3.68. The van der Waals surface area contributed by atoms with Crippen LogP contribution in [0, 0.1) is 0 Å². The molecule has 2 aromatic carbocycles. The molecule has 0 aliphatic carbocycles. The van der Waals surface area contributed by atoms with Crippen molar-refractivity contribution in [2.75, 3.05) is 28.4 Å². The highest BCUT2D eigenvalue weighted by Crippen LogP contribution is 2.33. The van der Waals surface area contributed by atoms with Crippen molar-refractivity contribution in [2.45, 2.75) is 26.0 Å². The van der Waals surface area contributed by atoms with E-state index in [0.29, 0.717) is 29.4 Å². The Bertz CT molecular complexity index is 971. The summed E-state index contributed by atoms with van der Waals surface area (Å²) in [6.45, 7) is 5.46. The number of benzene rings is 2. The second kappa shape index (κ2) is 11.6. The highest BCUT2D eigenvalue weighted by Gasteiger charge is 2.22. The van der Waals surface area contributed by atoms with Crippen LogP contribution in [0.4, 0.5) is 0 Å². The van der Waals surface area contributed by atoms with E-state index in [2.05, 4.69) is 11.9 Å². The summed E-state index contributed by atoms with van der Waals surface area (Å²) in [4.78, 5) is 25.1. The number of allylic oxidation sites excluding steroid dienone is 1. The molecule has 1 atom stereocenters. The fraction of sp³-hybridized carbons (Fsp3) is 0.333. The highest BCUT2D eigenvalue weighted by atomic mass is 16.5. The van der Waals surface area contributed by atoms with E-state index in [-0.39, 0.29) is 12.1 Å². The summed E-state index contributed by atoms with van der Waals surface area (Å²) in [5, 5.41) is 2.75. The van der Waals surface area contributed by atoms with Crippen LogP contribution in [0.3, 0.4) is 0 Å². The van der Waals surface area contributed by atoms with Crippen LogP contribution in [0.5, 0.6) is 23.0 Å². The molecule has 32 heavy (non-hydrogen) atoms. The summed E-state index contributed by atoms with van der Waals surface area (Å²) < 4.78 is 26.5. The van der Waals surface area contributed by atoms with Gasteiger partial charge >= 0.3 is 5.97 Å². The van der Waals surface area contributed by atoms with Gasteiger partial charge in [0.25, 0.3) is 5.91 Å². The van der Waals surface area contributed by atoms with Gasteiger partial charge in [0, 0.05) is 12.1 Å². The van der Waals surface area contributed by atoms with Crippen LogP contribution in [-0.4, -0.2) is 46.4 Å². The van der Waals surface area contributed by atoms with E-state index < -0.39 is 18.0 Å². The van der Waals surface area contributed by atoms with Crippen LogP contribution >= 0.6 is 0 Å². The topological polar surface area (TPSA) is 92.3 Å². The normalized spacial score (nSPS) is 11.2. The van der Waals surface area contributed by atoms with E-state index in [0.717, 1.165) is 11.1 Å². The summed E-state index contributed by atoms with van der Waals surface area (Å²) in [6.07, 6.45) is 1.16. The SMILES string of the molecule is C=CCc1cc(C(=O)OC(C)C(=O)NCc2ccc(OC)c(OC)c2)cc(OC)c1OC. The van der Waals surface area contributed by atoms with Crippen LogP contribution in [-0.2, 0) is 22.5 Å². The van der Waals surface area contributed by atoms with Crippen molar-refractivity contribution in [3.8, 4) is 23.0 Å². The molecule has 0 aromatic heterocycles. The molecule has 0 heterocycles. The second-order valence-corrected chi connectivity index (χ2v) is 6.82. The van der Waals surface area contributed by atoms with Crippen molar-refractivity contribution >= 4 is 11.9 Å². The van der Waals surface area contributed by atoms with Crippen LogP contribution in [0.25, 0.3) is 0 Å². The molecule has 0 aliphatic rings. The van der Waals surface area contributed by atoms with Crippen LogP contribution in [0.2, 0.25) is 0 Å². The molecule has 172 valence electrons. The zero-order valence-corrected chi connectivity index (χ0v) is 19.0. The number of carbonyl (C=O) groups is 2. The molecule has 0 fully saturated rings. The number of carbonyl (C=O) groups excluding carboxylic acids is 2. The summed E-state index contributed by atoms with van der Waals surface area (Å²) in [5.41, 5.74) is 1.78.